The Morgan fingerprint density at radius 2 is 1.82 bits per heavy atom. The number of methoxy groups -OCH3 is 1. The highest BCUT2D eigenvalue weighted by Gasteiger charge is 2.32. The predicted octanol–water partition coefficient (Wildman–Crippen LogP) is 3.67. The topological polar surface area (TPSA) is 85.0 Å². The summed E-state index contributed by atoms with van der Waals surface area (Å²) in [4.78, 5) is 22.9. The smallest absolute Gasteiger partial charge is 0.229 e. The summed E-state index contributed by atoms with van der Waals surface area (Å²) in [6.07, 6.45) is 4.11. The van der Waals surface area contributed by atoms with Crippen molar-refractivity contribution in [3.05, 3.63) is 36.2 Å². The molecule has 2 N–H and O–H groups in total. The fourth-order valence-corrected chi connectivity index (χ4v) is 6.26. The van der Waals surface area contributed by atoms with Crippen molar-refractivity contribution in [3.8, 4) is 5.75 Å². The van der Waals surface area contributed by atoms with E-state index >= 15 is 0 Å². The number of piperazine rings is 1. The second-order valence-electron chi connectivity index (χ2n) is 11.3. The van der Waals surface area contributed by atoms with E-state index < -0.39 is 0 Å². The van der Waals surface area contributed by atoms with Crippen LogP contribution in [-0.4, -0.2) is 108 Å². The Bertz CT molecular complexity index is 1260. The first-order chi connectivity index (χ1) is 19.0. The van der Waals surface area contributed by atoms with E-state index in [0.29, 0.717) is 24.6 Å². The number of piperidine rings is 1. The van der Waals surface area contributed by atoms with E-state index in [-0.39, 0.29) is 6.23 Å². The van der Waals surface area contributed by atoms with Crippen LogP contribution in [0.25, 0.3) is 11.0 Å². The molecule has 0 spiro atoms. The van der Waals surface area contributed by atoms with Crippen LogP contribution in [-0.2, 0) is 4.74 Å². The summed E-state index contributed by atoms with van der Waals surface area (Å²) in [5, 5.41) is 4.42. The van der Waals surface area contributed by atoms with Crippen molar-refractivity contribution in [2.24, 2.45) is 0 Å². The van der Waals surface area contributed by atoms with Gasteiger partial charge in [-0.15, -0.1) is 0 Å². The van der Waals surface area contributed by atoms with Gasteiger partial charge in [-0.05, 0) is 51.9 Å². The number of H-pyrrole nitrogens is 1. The Morgan fingerprint density at radius 3 is 2.56 bits per heavy atom. The number of nitrogens with one attached hydrogen (secondary N) is 2. The van der Waals surface area contributed by atoms with Gasteiger partial charge in [-0.3, -0.25) is 9.80 Å². The lowest BCUT2D eigenvalue weighted by atomic mass is 10.0. The van der Waals surface area contributed by atoms with Gasteiger partial charge in [-0.1, -0.05) is 0 Å². The quantitative estimate of drug-likeness (QED) is 0.472. The van der Waals surface area contributed by atoms with Crippen molar-refractivity contribution in [2.75, 3.05) is 76.8 Å². The lowest BCUT2D eigenvalue weighted by Gasteiger charge is -2.42. The van der Waals surface area contributed by atoms with Gasteiger partial charge in [0.05, 0.1) is 25.1 Å². The number of fused-ring (bicyclic) bond motifs is 1. The zero-order valence-corrected chi connectivity index (χ0v) is 23.7. The third-order valence-corrected chi connectivity index (χ3v) is 8.56. The SMILES string of the molecule is COc1cc(Nc2nc(C3OCCN3C(C)C)c3cc[nH]c3n2)ccc1N1CCC(N2CCN(C)CC2)CC1. The Morgan fingerprint density at radius 1 is 1.03 bits per heavy atom. The molecular weight excluding hydrogens is 492 g/mol. The second-order valence-corrected chi connectivity index (χ2v) is 11.3. The van der Waals surface area contributed by atoms with Crippen LogP contribution in [0.2, 0.25) is 0 Å². The average Bonchev–Trinajstić information content (AvgIpc) is 3.63. The normalized spacial score (nSPS) is 22.3. The number of anilines is 3. The number of benzene rings is 1. The molecule has 6 rings (SSSR count). The molecule has 0 amide bonds. The first-order valence-electron chi connectivity index (χ1n) is 14.3. The third-order valence-electron chi connectivity index (χ3n) is 8.56. The molecule has 0 radical (unpaired) electrons. The summed E-state index contributed by atoms with van der Waals surface area (Å²) in [7, 11) is 3.97. The minimum Gasteiger partial charge on any atom is -0.495 e. The molecule has 1 atom stereocenters. The molecule has 3 fully saturated rings. The highest BCUT2D eigenvalue weighted by molar-refractivity contribution is 5.80. The van der Waals surface area contributed by atoms with Crippen molar-refractivity contribution in [3.63, 3.8) is 0 Å². The number of nitrogens with zero attached hydrogens (tertiary/aromatic N) is 6. The van der Waals surface area contributed by atoms with Gasteiger partial charge in [0.2, 0.25) is 5.95 Å². The van der Waals surface area contributed by atoms with Gasteiger partial charge in [-0.2, -0.15) is 4.98 Å². The van der Waals surface area contributed by atoms with Crippen LogP contribution < -0.4 is 15.0 Å². The van der Waals surface area contributed by atoms with E-state index in [0.717, 1.165) is 53.5 Å². The summed E-state index contributed by atoms with van der Waals surface area (Å²) in [5.74, 6) is 1.41. The third kappa shape index (κ3) is 5.43. The lowest BCUT2D eigenvalue weighted by Crippen LogP contribution is -2.52. The fraction of sp³-hybridized carbons (Fsp3) is 0.586. The van der Waals surface area contributed by atoms with Crippen molar-refractivity contribution < 1.29 is 9.47 Å². The first-order valence-corrected chi connectivity index (χ1v) is 14.3. The van der Waals surface area contributed by atoms with Gasteiger partial charge in [0.1, 0.15) is 11.4 Å². The molecule has 0 saturated carbocycles. The van der Waals surface area contributed by atoms with E-state index in [1.54, 1.807) is 7.11 Å². The molecule has 5 heterocycles. The molecule has 3 aliphatic rings. The van der Waals surface area contributed by atoms with Crippen molar-refractivity contribution in [1.82, 2.24) is 29.7 Å². The highest BCUT2D eigenvalue weighted by Crippen LogP contribution is 2.36. The molecule has 3 aliphatic heterocycles. The standard InChI is InChI=1S/C29H42N8O2/c1-20(2)37-17-18-39-28(37)26-23-7-10-30-27(23)33-29(32-26)31-21-5-6-24(25(19-21)38-4)36-11-8-22(9-12-36)35-15-13-34(3)14-16-35/h5-7,10,19-20,22,28H,8-9,11-18H2,1-4H3,(H2,30,31,32,33). The molecule has 210 valence electrons. The molecule has 3 aromatic rings. The van der Waals surface area contributed by atoms with Gasteiger partial charge >= 0.3 is 0 Å². The van der Waals surface area contributed by atoms with Crippen LogP contribution >= 0.6 is 0 Å². The van der Waals surface area contributed by atoms with E-state index in [1.807, 2.05) is 12.3 Å². The lowest BCUT2D eigenvalue weighted by molar-refractivity contribution is 0.0160. The van der Waals surface area contributed by atoms with Gasteiger partial charge in [0, 0.05) is 81.2 Å². The number of aromatic amines is 1. The Balaban J connectivity index is 1.18. The molecule has 2 aromatic heterocycles. The molecule has 1 unspecified atom stereocenters. The molecule has 10 heteroatoms. The summed E-state index contributed by atoms with van der Waals surface area (Å²) in [6, 6.07) is 9.38. The minimum atomic E-state index is -0.183. The summed E-state index contributed by atoms with van der Waals surface area (Å²) >= 11 is 0. The van der Waals surface area contributed by atoms with Crippen LogP contribution in [0, 0.1) is 0 Å². The Labute approximate surface area is 231 Å². The van der Waals surface area contributed by atoms with E-state index in [9.17, 15) is 0 Å². The zero-order valence-electron chi connectivity index (χ0n) is 23.7. The molecule has 1 aromatic carbocycles. The van der Waals surface area contributed by atoms with Crippen LogP contribution in [0.5, 0.6) is 5.75 Å². The summed E-state index contributed by atoms with van der Waals surface area (Å²) in [6.45, 7) is 12.8. The molecule has 3 saturated heterocycles. The van der Waals surface area contributed by atoms with Gasteiger partial charge < -0.3 is 29.6 Å². The molecule has 39 heavy (non-hydrogen) atoms. The van der Waals surface area contributed by atoms with Crippen molar-refractivity contribution in [2.45, 2.75) is 45.0 Å². The highest BCUT2D eigenvalue weighted by atomic mass is 16.5. The average molecular weight is 535 g/mol. The van der Waals surface area contributed by atoms with Gasteiger partial charge in [-0.25, -0.2) is 4.98 Å². The number of likely N-dealkylation sites (N-methyl/N-ethyl adjacent to an activating group) is 1. The molecule has 0 aliphatic carbocycles. The van der Waals surface area contributed by atoms with Gasteiger partial charge in [0.25, 0.3) is 0 Å². The Hall–Kier alpha value is -2.92. The summed E-state index contributed by atoms with van der Waals surface area (Å²) in [5.41, 5.74) is 3.73. The number of ether oxygens (including phenoxy) is 2. The minimum absolute atomic E-state index is 0.183. The van der Waals surface area contributed by atoms with Crippen molar-refractivity contribution in [1.29, 1.82) is 0 Å². The van der Waals surface area contributed by atoms with Crippen molar-refractivity contribution >= 4 is 28.4 Å². The number of hydrogen-bond donors (Lipinski definition) is 2. The largest absolute Gasteiger partial charge is 0.495 e. The Kier molecular flexibility index (Phi) is 7.61. The van der Waals surface area contributed by atoms with Crippen LogP contribution in [0.15, 0.2) is 30.5 Å². The summed E-state index contributed by atoms with van der Waals surface area (Å²) < 4.78 is 12.0. The first kappa shape index (κ1) is 26.3. The van der Waals surface area contributed by atoms with Crippen LogP contribution in [0.1, 0.15) is 38.6 Å². The molecule has 0 bridgehead atoms. The maximum Gasteiger partial charge on any atom is 0.229 e. The number of rotatable bonds is 7. The number of aromatic nitrogens is 3. The molecule has 10 nitrogen and oxygen atoms in total. The van der Waals surface area contributed by atoms with Gasteiger partial charge in [0.15, 0.2) is 6.23 Å². The monoisotopic (exact) mass is 534 g/mol. The maximum atomic E-state index is 6.13. The molecular formula is C29H42N8O2. The maximum absolute atomic E-state index is 6.13. The van der Waals surface area contributed by atoms with E-state index in [2.05, 4.69) is 69.0 Å². The fourth-order valence-electron chi connectivity index (χ4n) is 6.26. The predicted molar refractivity (Wildman–Crippen MR) is 155 cm³/mol. The zero-order chi connectivity index (χ0) is 26.9. The van der Waals surface area contributed by atoms with E-state index in [1.165, 1.54) is 39.0 Å². The number of hydrogen-bond acceptors (Lipinski definition) is 9. The van der Waals surface area contributed by atoms with E-state index in [4.69, 9.17) is 19.4 Å². The van der Waals surface area contributed by atoms with Crippen LogP contribution in [0.4, 0.5) is 17.3 Å². The van der Waals surface area contributed by atoms with Crippen LogP contribution in [0.3, 0.4) is 0 Å². The second kappa shape index (κ2) is 11.3.